The second kappa shape index (κ2) is 6.37. The maximum absolute atomic E-state index is 8.95. The number of nitriles is 1. The van der Waals surface area contributed by atoms with Gasteiger partial charge in [-0.25, -0.2) is 0 Å². The smallest absolute Gasteiger partial charge is 0.231 e. The number of nitrogen functional groups attached to an aromatic ring is 1. The molecule has 108 valence electrons. The molecule has 2 rings (SSSR count). The topological polar surface area (TPSA) is 95.0 Å². The Kier molecular flexibility index (Phi) is 4.56. The third-order valence-electron chi connectivity index (χ3n) is 3.40. The fourth-order valence-electron chi connectivity index (χ4n) is 2.29. The van der Waals surface area contributed by atoms with Gasteiger partial charge in [0.1, 0.15) is 0 Å². The van der Waals surface area contributed by atoms with Gasteiger partial charge in [-0.15, -0.1) is 0 Å². The third-order valence-corrected chi connectivity index (χ3v) is 3.40. The minimum absolute atomic E-state index is 0.0804. The molecule has 7 nitrogen and oxygen atoms in total. The number of rotatable bonds is 5. The van der Waals surface area contributed by atoms with E-state index in [0.29, 0.717) is 18.4 Å². The molecule has 1 aliphatic rings. The van der Waals surface area contributed by atoms with Crippen LogP contribution in [-0.4, -0.2) is 41.1 Å². The molecule has 20 heavy (non-hydrogen) atoms. The fourth-order valence-corrected chi connectivity index (χ4v) is 2.29. The lowest BCUT2D eigenvalue weighted by Crippen LogP contribution is -2.31. The second-order valence-electron chi connectivity index (χ2n) is 5.06. The first kappa shape index (κ1) is 14.3. The van der Waals surface area contributed by atoms with Crippen molar-refractivity contribution in [3.8, 4) is 6.07 Å². The first-order valence-electron chi connectivity index (χ1n) is 7.05. The zero-order chi connectivity index (χ0) is 14.5. The van der Waals surface area contributed by atoms with Gasteiger partial charge in [-0.05, 0) is 26.7 Å². The molecular formula is C13H21N7. The molecular weight excluding hydrogens is 254 g/mol. The SMILES string of the molecule is CCN(CC(C)C#N)c1nc(N)nc(N2CCCC2)n1. The van der Waals surface area contributed by atoms with Gasteiger partial charge in [0, 0.05) is 26.2 Å². The van der Waals surface area contributed by atoms with Gasteiger partial charge in [0.25, 0.3) is 0 Å². The molecule has 0 aromatic carbocycles. The van der Waals surface area contributed by atoms with E-state index in [0.717, 1.165) is 32.5 Å². The van der Waals surface area contributed by atoms with E-state index < -0.39 is 0 Å². The molecule has 1 aliphatic heterocycles. The van der Waals surface area contributed by atoms with E-state index in [1.807, 2.05) is 18.7 Å². The van der Waals surface area contributed by atoms with Crippen molar-refractivity contribution in [3.63, 3.8) is 0 Å². The molecule has 0 bridgehead atoms. The van der Waals surface area contributed by atoms with Crippen LogP contribution in [0.1, 0.15) is 26.7 Å². The number of aromatic nitrogens is 3. The molecule has 7 heteroatoms. The Morgan fingerprint density at radius 1 is 1.35 bits per heavy atom. The van der Waals surface area contributed by atoms with Gasteiger partial charge in [-0.3, -0.25) is 0 Å². The van der Waals surface area contributed by atoms with Gasteiger partial charge in [0.15, 0.2) is 0 Å². The molecule has 1 saturated heterocycles. The standard InChI is InChI=1S/C13H21N7/c1-3-19(9-10(2)8-14)12-16-11(15)17-13(18-12)20-6-4-5-7-20/h10H,3-7,9H2,1-2H3,(H2,15,16,17,18). The van der Waals surface area contributed by atoms with Crippen LogP contribution in [0.5, 0.6) is 0 Å². The van der Waals surface area contributed by atoms with Crippen molar-refractivity contribution in [1.29, 1.82) is 5.26 Å². The molecule has 1 unspecified atom stereocenters. The van der Waals surface area contributed by atoms with Crippen LogP contribution < -0.4 is 15.5 Å². The van der Waals surface area contributed by atoms with Crippen molar-refractivity contribution in [3.05, 3.63) is 0 Å². The number of nitrogens with two attached hydrogens (primary N) is 1. The Morgan fingerprint density at radius 2 is 2.05 bits per heavy atom. The van der Waals surface area contributed by atoms with E-state index in [-0.39, 0.29) is 11.9 Å². The minimum atomic E-state index is -0.0804. The molecule has 0 spiro atoms. The van der Waals surface area contributed by atoms with Crippen molar-refractivity contribution < 1.29 is 0 Å². The third kappa shape index (κ3) is 3.26. The van der Waals surface area contributed by atoms with E-state index in [2.05, 4.69) is 25.9 Å². The van der Waals surface area contributed by atoms with Crippen molar-refractivity contribution >= 4 is 17.8 Å². The Hall–Kier alpha value is -2.10. The van der Waals surface area contributed by atoms with Crippen LogP contribution in [0.25, 0.3) is 0 Å². The summed E-state index contributed by atoms with van der Waals surface area (Å²) in [6.07, 6.45) is 2.31. The van der Waals surface area contributed by atoms with Gasteiger partial charge in [0.2, 0.25) is 17.8 Å². The van der Waals surface area contributed by atoms with Gasteiger partial charge in [0.05, 0.1) is 12.0 Å². The molecule has 0 saturated carbocycles. The van der Waals surface area contributed by atoms with E-state index in [4.69, 9.17) is 11.0 Å². The van der Waals surface area contributed by atoms with E-state index in [1.54, 1.807) is 0 Å². The highest BCUT2D eigenvalue weighted by Gasteiger charge is 2.19. The Morgan fingerprint density at radius 3 is 2.65 bits per heavy atom. The number of nitrogens with zero attached hydrogens (tertiary/aromatic N) is 6. The first-order valence-corrected chi connectivity index (χ1v) is 7.05. The maximum Gasteiger partial charge on any atom is 0.231 e. The molecule has 0 radical (unpaired) electrons. The van der Waals surface area contributed by atoms with Crippen LogP contribution in [0.15, 0.2) is 0 Å². The van der Waals surface area contributed by atoms with Crippen LogP contribution in [0.3, 0.4) is 0 Å². The van der Waals surface area contributed by atoms with Crippen molar-refractivity contribution in [2.75, 3.05) is 41.7 Å². The lowest BCUT2D eigenvalue weighted by atomic mass is 10.2. The highest BCUT2D eigenvalue weighted by Crippen LogP contribution is 2.19. The zero-order valence-corrected chi connectivity index (χ0v) is 12.1. The van der Waals surface area contributed by atoms with Crippen LogP contribution in [0.4, 0.5) is 17.8 Å². The lowest BCUT2D eigenvalue weighted by Gasteiger charge is -2.23. The highest BCUT2D eigenvalue weighted by molar-refractivity contribution is 5.44. The molecule has 1 atom stereocenters. The Balaban J connectivity index is 2.23. The van der Waals surface area contributed by atoms with E-state index in [9.17, 15) is 0 Å². The molecule has 2 heterocycles. The van der Waals surface area contributed by atoms with Gasteiger partial charge in [-0.2, -0.15) is 20.2 Å². The van der Waals surface area contributed by atoms with Crippen LogP contribution in [-0.2, 0) is 0 Å². The summed E-state index contributed by atoms with van der Waals surface area (Å²) in [5, 5.41) is 8.95. The quantitative estimate of drug-likeness (QED) is 0.857. The number of hydrogen-bond acceptors (Lipinski definition) is 7. The van der Waals surface area contributed by atoms with Crippen LogP contribution in [0, 0.1) is 17.2 Å². The average Bonchev–Trinajstić information content (AvgIpc) is 2.97. The monoisotopic (exact) mass is 275 g/mol. The molecule has 2 N–H and O–H groups in total. The summed E-state index contributed by atoms with van der Waals surface area (Å²) in [5.74, 6) is 1.36. The highest BCUT2D eigenvalue weighted by atomic mass is 15.4. The Bertz CT molecular complexity index is 490. The molecule has 1 aromatic rings. The van der Waals surface area contributed by atoms with Gasteiger partial charge in [-0.1, -0.05) is 0 Å². The minimum Gasteiger partial charge on any atom is -0.368 e. The maximum atomic E-state index is 8.95. The van der Waals surface area contributed by atoms with E-state index >= 15 is 0 Å². The predicted molar refractivity (Wildman–Crippen MR) is 78.4 cm³/mol. The summed E-state index contributed by atoms with van der Waals surface area (Å²) >= 11 is 0. The van der Waals surface area contributed by atoms with Crippen molar-refractivity contribution in [2.24, 2.45) is 5.92 Å². The van der Waals surface area contributed by atoms with Crippen LogP contribution >= 0.6 is 0 Å². The predicted octanol–water partition coefficient (Wildman–Crippen LogP) is 1.04. The molecule has 0 aliphatic carbocycles. The summed E-state index contributed by atoms with van der Waals surface area (Å²) in [4.78, 5) is 17.0. The van der Waals surface area contributed by atoms with Gasteiger partial charge < -0.3 is 15.5 Å². The summed E-state index contributed by atoms with van der Waals surface area (Å²) in [6.45, 7) is 7.15. The van der Waals surface area contributed by atoms with Crippen molar-refractivity contribution in [2.45, 2.75) is 26.7 Å². The second-order valence-corrected chi connectivity index (χ2v) is 5.06. The zero-order valence-electron chi connectivity index (χ0n) is 12.1. The largest absolute Gasteiger partial charge is 0.368 e. The number of hydrogen-bond donors (Lipinski definition) is 1. The van der Waals surface area contributed by atoms with Crippen LogP contribution in [0.2, 0.25) is 0 Å². The first-order chi connectivity index (χ1) is 9.63. The molecule has 0 amide bonds. The fraction of sp³-hybridized carbons (Fsp3) is 0.692. The molecule has 1 aromatic heterocycles. The summed E-state index contributed by atoms with van der Waals surface area (Å²) in [5.41, 5.74) is 5.80. The Labute approximate surface area is 119 Å². The average molecular weight is 275 g/mol. The summed E-state index contributed by atoms with van der Waals surface area (Å²) < 4.78 is 0. The van der Waals surface area contributed by atoms with E-state index in [1.165, 1.54) is 0 Å². The lowest BCUT2D eigenvalue weighted by molar-refractivity contribution is 0.668. The summed E-state index contributed by atoms with van der Waals surface area (Å²) in [7, 11) is 0. The molecule has 1 fully saturated rings. The normalized spacial score (nSPS) is 15.9. The van der Waals surface area contributed by atoms with Gasteiger partial charge >= 0.3 is 0 Å². The van der Waals surface area contributed by atoms with Crippen molar-refractivity contribution in [1.82, 2.24) is 15.0 Å². The summed E-state index contributed by atoms with van der Waals surface area (Å²) in [6, 6.07) is 2.23. The number of anilines is 3.